The van der Waals surface area contributed by atoms with Gasteiger partial charge in [-0.05, 0) is 61.7 Å². The molecular weight excluding hydrogens is 528 g/mol. The number of carbonyl (C=O) groups is 1. The largest absolute Gasteiger partial charge is 0.493 e. The maximum Gasteiger partial charge on any atom is 0.250 e. The fraction of sp³-hybridized carbons (Fsp3) is 0.231. The van der Waals surface area contributed by atoms with Crippen molar-refractivity contribution < 1.29 is 14.3 Å². The molecule has 0 aliphatic heterocycles. The molecule has 1 amide bonds. The molecule has 0 saturated heterocycles. The van der Waals surface area contributed by atoms with E-state index in [1.165, 1.54) is 11.8 Å². The van der Waals surface area contributed by atoms with Gasteiger partial charge in [0.05, 0.1) is 19.1 Å². The van der Waals surface area contributed by atoms with Gasteiger partial charge in [0, 0.05) is 21.4 Å². The molecule has 0 spiro atoms. The molecule has 9 heteroatoms. The molecule has 2 aromatic carbocycles. The number of hydrazone groups is 1. The molecule has 0 saturated carbocycles. The first-order valence-corrected chi connectivity index (χ1v) is 12.6. The summed E-state index contributed by atoms with van der Waals surface area (Å²) in [5.74, 6) is 1.15. The Kier molecular flexibility index (Phi) is 9.86. The van der Waals surface area contributed by atoms with E-state index in [1.54, 1.807) is 19.4 Å². The second kappa shape index (κ2) is 13.1. The predicted molar refractivity (Wildman–Crippen MR) is 143 cm³/mol. The molecule has 182 valence electrons. The summed E-state index contributed by atoms with van der Waals surface area (Å²) in [5.41, 5.74) is 6.99. The number of aryl methyl sites for hydroxylation is 2. The van der Waals surface area contributed by atoms with Gasteiger partial charge in [-0.15, -0.1) is 6.58 Å². The number of amides is 1. The van der Waals surface area contributed by atoms with Crippen molar-refractivity contribution in [1.82, 2.24) is 15.4 Å². The molecule has 0 unspecified atom stereocenters. The van der Waals surface area contributed by atoms with Gasteiger partial charge in [0.1, 0.15) is 6.61 Å². The number of benzene rings is 2. The fourth-order valence-electron chi connectivity index (χ4n) is 3.22. The number of hydrogen-bond acceptors (Lipinski definition) is 7. The highest BCUT2D eigenvalue weighted by molar-refractivity contribution is 9.10. The predicted octanol–water partition coefficient (Wildman–Crippen LogP) is 5.41. The lowest BCUT2D eigenvalue weighted by Gasteiger charge is -2.16. The molecule has 0 atom stereocenters. The van der Waals surface area contributed by atoms with Gasteiger partial charge >= 0.3 is 0 Å². The molecule has 0 aliphatic carbocycles. The zero-order valence-electron chi connectivity index (χ0n) is 19.9. The summed E-state index contributed by atoms with van der Waals surface area (Å²) >= 11 is 4.71. The van der Waals surface area contributed by atoms with E-state index >= 15 is 0 Å². The lowest BCUT2D eigenvalue weighted by Crippen LogP contribution is -2.19. The van der Waals surface area contributed by atoms with Gasteiger partial charge in [-0.3, -0.25) is 4.79 Å². The number of carbonyl (C=O) groups excluding carboxylic acids is 1. The number of halogens is 1. The number of methoxy groups -OCH3 is 1. The van der Waals surface area contributed by atoms with E-state index in [1.807, 2.05) is 56.3 Å². The molecule has 3 aromatic rings. The van der Waals surface area contributed by atoms with Gasteiger partial charge < -0.3 is 9.47 Å². The lowest BCUT2D eigenvalue weighted by molar-refractivity contribution is -0.118. The molecular formula is C26H27BrN4O3S. The van der Waals surface area contributed by atoms with Crippen molar-refractivity contribution >= 4 is 39.8 Å². The van der Waals surface area contributed by atoms with Crippen molar-refractivity contribution in [1.29, 1.82) is 0 Å². The number of nitrogens with one attached hydrogen (secondary N) is 1. The summed E-state index contributed by atoms with van der Waals surface area (Å²) in [5, 5.41) is 4.66. The standard InChI is InChI=1S/C26H27BrN4O3S/c1-5-6-21-12-20(13-23(33-4)25(21)34-15-19-7-9-22(27)10-8-19)14-28-31-24(32)16-35-26-29-17(2)11-18(3)30-26/h5,7-14H,1,6,15-16H2,2-4H3,(H,31,32)/b28-14-. The van der Waals surface area contributed by atoms with Crippen LogP contribution in [0.4, 0.5) is 0 Å². The molecule has 35 heavy (non-hydrogen) atoms. The summed E-state index contributed by atoms with van der Waals surface area (Å²) < 4.78 is 12.7. The van der Waals surface area contributed by atoms with Gasteiger partial charge in [0.25, 0.3) is 5.91 Å². The molecule has 0 fully saturated rings. The Balaban J connectivity index is 1.65. The molecule has 1 heterocycles. The van der Waals surface area contributed by atoms with Gasteiger partial charge in [-0.1, -0.05) is 45.9 Å². The Hall–Kier alpha value is -3.17. The molecule has 0 radical (unpaired) electrons. The van der Waals surface area contributed by atoms with Crippen LogP contribution in [0.1, 0.15) is 28.1 Å². The lowest BCUT2D eigenvalue weighted by atomic mass is 10.1. The van der Waals surface area contributed by atoms with Crippen LogP contribution >= 0.6 is 27.7 Å². The van der Waals surface area contributed by atoms with Crippen LogP contribution in [0.2, 0.25) is 0 Å². The van der Waals surface area contributed by atoms with Crippen molar-refractivity contribution in [3.05, 3.63) is 87.7 Å². The first-order chi connectivity index (χ1) is 16.9. The van der Waals surface area contributed by atoms with E-state index in [0.29, 0.717) is 29.7 Å². The van der Waals surface area contributed by atoms with Crippen molar-refractivity contribution in [3.8, 4) is 11.5 Å². The number of ether oxygens (including phenoxy) is 2. The Morgan fingerprint density at radius 1 is 1.17 bits per heavy atom. The van der Waals surface area contributed by atoms with Gasteiger partial charge in [0.15, 0.2) is 16.7 Å². The Bertz CT molecular complexity index is 1200. The van der Waals surface area contributed by atoms with E-state index in [4.69, 9.17) is 9.47 Å². The SMILES string of the molecule is C=CCc1cc(/C=N\NC(=O)CSc2nc(C)cc(C)n2)cc(OC)c1OCc1ccc(Br)cc1. The van der Waals surface area contributed by atoms with Gasteiger partial charge in [0.2, 0.25) is 0 Å². The van der Waals surface area contributed by atoms with Crippen LogP contribution in [0.5, 0.6) is 11.5 Å². The summed E-state index contributed by atoms with van der Waals surface area (Å²) in [7, 11) is 1.59. The minimum absolute atomic E-state index is 0.161. The van der Waals surface area contributed by atoms with Crippen molar-refractivity contribution in [2.75, 3.05) is 12.9 Å². The Morgan fingerprint density at radius 3 is 2.54 bits per heavy atom. The first kappa shape index (κ1) is 26.4. The second-order valence-electron chi connectivity index (χ2n) is 7.63. The molecule has 1 N–H and O–H groups in total. The topological polar surface area (TPSA) is 85.7 Å². The van der Waals surface area contributed by atoms with Crippen LogP contribution in [-0.2, 0) is 17.8 Å². The highest BCUT2D eigenvalue weighted by atomic mass is 79.9. The number of thioether (sulfide) groups is 1. The number of aromatic nitrogens is 2. The maximum atomic E-state index is 12.2. The van der Waals surface area contributed by atoms with Gasteiger partial charge in [-0.25, -0.2) is 15.4 Å². The van der Waals surface area contributed by atoms with Crippen LogP contribution in [0.25, 0.3) is 0 Å². The Labute approximate surface area is 218 Å². The first-order valence-electron chi connectivity index (χ1n) is 10.8. The summed E-state index contributed by atoms with van der Waals surface area (Å²) in [4.78, 5) is 20.8. The molecule has 3 rings (SSSR count). The summed E-state index contributed by atoms with van der Waals surface area (Å²) in [6.45, 7) is 8.04. The van der Waals surface area contributed by atoms with Crippen molar-refractivity contribution in [3.63, 3.8) is 0 Å². The van der Waals surface area contributed by atoms with Crippen LogP contribution in [-0.4, -0.2) is 35.0 Å². The highest BCUT2D eigenvalue weighted by Crippen LogP contribution is 2.34. The second-order valence-corrected chi connectivity index (χ2v) is 9.49. The maximum absolute atomic E-state index is 12.2. The minimum Gasteiger partial charge on any atom is -0.493 e. The highest BCUT2D eigenvalue weighted by Gasteiger charge is 2.13. The summed E-state index contributed by atoms with van der Waals surface area (Å²) in [6.07, 6.45) is 3.96. The average Bonchev–Trinajstić information content (AvgIpc) is 2.82. The van der Waals surface area contributed by atoms with E-state index in [2.05, 4.69) is 43.0 Å². The number of rotatable bonds is 11. The fourth-order valence-corrected chi connectivity index (χ4v) is 4.22. The van der Waals surface area contributed by atoms with Crippen molar-refractivity contribution in [2.24, 2.45) is 5.10 Å². The number of nitrogens with zero attached hydrogens (tertiary/aromatic N) is 3. The molecule has 7 nitrogen and oxygen atoms in total. The van der Waals surface area contributed by atoms with E-state index in [-0.39, 0.29) is 11.7 Å². The van der Waals surface area contributed by atoms with E-state index in [0.717, 1.165) is 32.6 Å². The average molecular weight is 555 g/mol. The quantitative estimate of drug-likeness (QED) is 0.112. The van der Waals surface area contributed by atoms with Crippen LogP contribution in [0.3, 0.4) is 0 Å². The van der Waals surface area contributed by atoms with Crippen molar-refractivity contribution in [2.45, 2.75) is 32.0 Å². The Morgan fingerprint density at radius 2 is 1.89 bits per heavy atom. The number of hydrogen-bond donors (Lipinski definition) is 1. The monoisotopic (exact) mass is 554 g/mol. The van der Waals surface area contributed by atoms with Crippen LogP contribution < -0.4 is 14.9 Å². The zero-order chi connectivity index (χ0) is 25.2. The van der Waals surface area contributed by atoms with E-state index in [9.17, 15) is 4.79 Å². The smallest absolute Gasteiger partial charge is 0.250 e. The van der Waals surface area contributed by atoms with Crippen LogP contribution in [0.15, 0.2) is 69.9 Å². The zero-order valence-corrected chi connectivity index (χ0v) is 22.3. The third kappa shape index (κ3) is 8.22. The molecule has 1 aromatic heterocycles. The summed E-state index contributed by atoms with van der Waals surface area (Å²) in [6, 6.07) is 13.6. The van der Waals surface area contributed by atoms with Crippen LogP contribution in [0, 0.1) is 13.8 Å². The number of allylic oxidation sites excluding steroid dienone is 1. The third-order valence-corrected chi connectivity index (χ3v) is 6.11. The molecule has 0 bridgehead atoms. The molecule has 0 aliphatic rings. The minimum atomic E-state index is -0.248. The van der Waals surface area contributed by atoms with E-state index < -0.39 is 0 Å². The third-order valence-electron chi connectivity index (χ3n) is 4.73. The van der Waals surface area contributed by atoms with Gasteiger partial charge in [-0.2, -0.15) is 5.10 Å². The normalized spacial score (nSPS) is 10.9.